The molecule has 2 heteroatoms. The second kappa shape index (κ2) is 6.85. The Labute approximate surface area is 116 Å². The molecule has 0 unspecified atom stereocenters. The molecule has 0 bridgehead atoms. The summed E-state index contributed by atoms with van der Waals surface area (Å²) in [7, 11) is 0. The topological polar surface area (TPSA) is 20.3 Å². The molecule has 1 aromatic rings. The number of benzene rings is 1. The summed E-state index contributed by atoms with van der Waals surface area (Å²) in [5.74, 6) is 1.10. The van der Waals surface area contributed by atoms with Gasteiger partial charge in [-0.1, -0.05) is 29.8 Å². The Kier molecular flexibility index (Phi) is 5.15. The van der Waals surface area contributed by atoms with Gasteiger partial charge in [-0.05, 0) is 57.7 Å². The summed E-state index contributed by atoms with van der Waals surface area (Å²) < 4.78 is 0. The fourth-order valence-electron chi connectivity index (χ4n) is 2.91. The second-order valence-corrected chi connectivity index (χ2v) is 5.95. The molecule has 1 aromatic carbocycles. The van der Waals surface area contributed by atoms with Crippen molar-refractivity contribution in [3.8, 4) is 0 Å². The quantitative estimate of drug-likeness (QED) is 0.805. The number of rotatable bonds is 5. The monoisotopic (exact) mass is 259 g/mol. The Hall–Kier alpha value is -1.15. The Morgan fingerprint density at radius 3 is 2.68 bits per heavy atom. The van der Waals surface area contributed by atoms with Crippen molar-refractivity contribution in [2.24, 2.45) is 5.92 Å². The van der Waals surface area contributed by atoms with Crippen molar-refractivity contribution in [1.29, 1.82) is 0 Å². The van der Waals surface area contributed by atoms with Gasteiger partial charge in [0.05, 0.1) is 0 Å². The molecule has 2 rings (SSSR count). The molecule has 2 nitrogen and oxygen atoms in total. The summed E-state index contributed by atoms with van der Waals surface area (Å²) in [5.41, 5.74) is 2.76. The number of likely N-dealkylation sites (tertiary alicyclic amines) is 1. The van der Waals surface area contributed by atoms with Crippen LogP contribution in [0, 0.1) is 12.8 Å². The van der Waals surface area contributed by atoms with E-state index < -0.39 is 0 Å². The number of aryl methyl sites for hydroxylation is 1. The maximum absolute atomic E-state index is 11.0. The van der Waals surface area contributed by atoms with Crippen LogP contribution in [0.1, 0.15) is 43.7 Å². The van der Waals surface area contributed by atoms with E-state index in [1.54, 1.807) is 6.92 Å². The van der Waals surface area contributed by atoms with Crippen molar-refractivity contribution in [2.45, 2.75) is 46.1 Å². The van der Waals surface area contributed by atoms with Crippen LogP contribution < -0.4 is 0 Å². The summed E-state index contributed by atoms with van der Waals surface area (Å²) >= 11 is 0. The maximum Gasteiger partial charge on any atom is 0.129 e. The van der Waals surface area contributed by atoms with Crippen molar-refractivity contribution in [3.63, 3.8) is 0 Å². The smallest absolute Gasteiger partial charge is 0.129 e. The molecular weight excluding hydrogens is 234 g/mol. The van der Waals surface area contributed by atoms with Crippen LogP contribution in [0.2, 0.25) is 0 Å². The number of carbonyl (C=O) groups is 1. The number of nitrogens with zero attached hydrogens (tertiary/aromatic N) is 1. The van der Waals surface area contributed by atoms with E-state index in [0.717, 1.165) is 25.3 Å². The number of carbonyl (C=O) groups excluding carboxylic acids is 1. The zero-order valence-corrected chi connectivity index (χ0v) is 12.2. The highest BCUT2D eigenvalue weighted by atomic mass is 16.1. The molecule has 1 saturated heterocycles. The van der Waals surface area contributed by atoms with Gasteiger partial charge in [-0.25, -0.2) is 0 Å². The van der Waals surface area contributed by atoms with E-state index >= 15 is 0 Å². The van der Waals surface area contributed by atoms with E-state index in [4.69, 9.17) is 0 Å². The minimum Gasteiger partial charge on any atom is -0.300 e. The minimum absolute atomic E-state index is 0.335. The van der Waals surface area contributed by atoms with E-state index in [9.17, 15) is 4.79 Å². The number of hydrogen-bond acceptors (Lipinski definition) is 2. The van der Waals surface area contributed by atoms with Crippen molar-refractivity contribution >= 4 is 5.78 Å². The zero-order chi connectivity index (χ0) is 13.7. The molecule has 1 fully saturated rings. The van der Waals surface area contributed by atoms with Gasteiger partial charge in [-0.2, -0.15) is 0 Å². The number of hydrogen-bond donors (Lipinski definition) is 0. The lowest BCUT2D eigenvalue weighted by atomic mass is 9.91. The van der Waals surface area contributed by atoms with Crippen LogP contribution in [-0.2, 0) is 11.3 Å². The van der Waals surface area contributed by atoms with E-state index in [1.807, 2.05) is 0 Å². The number of ketones is 1. The van der Waals surface area contributed by atoms with Crippen molar-refractivity contribution in [1.82, 2.24) is 4.90 Å². The van der Waals surface area contributed by atoms with Gasteiger partial charge < -0.3 is 4.79 Å². The van der Waals surface area contributed by atoms with Crippen LogP contribution in [0.25, 0.3) is 0 Å². The van der Waals surface area contributed by atoms with Gasteiger partial charge in [0.1, 0.15) is 5.78 Å². The lowest BCUT2D eigenvalue weighted by Gasteiger charge is -2.32. The molecule has 0 aliphatic carbocycles. The van der Waals surface area contributed by atoms with Crippen LogP contribution in [0.4, 0.5) is 0 Å². The molecule has 104 valence electrons. The highest BCUT2D eigenvalue weighted by Gasteiger charge is 2.19. The highest BCUT2D eigenvalue weighted by Crippen LogP contribution is 2.23. The largest absolute Gasteiger partial charge is 0.300 e. The first kappa shape index (κ1) is 14.3. The molecule has 1 aliphatic rings. The first-order valence-electron chi connectivity index (χ1n) is 7.41. The molecule has 0 saturated carbocycles. The van der Waals surface area contributed by atoms with Gasteiger partial charge in [0.15, 0.2) is 0 Å². The first-order chi connectivity index (χ1) is 9.13. The van der Waals surface area contributed by atoms with E-state index in [-0.39, 0.29) is 0 Å². The highest BCUT2D eigenvalue weighted by molar-refractivity contribution is 5.75. The summed E-state index contributed by atoms with van der Waals surface area (Å²) in [4.78, 5) is 13.6. The van der Waals surface area contributed by atoms with Gasteiger partial charge in [0.2, 0.25) is 0 Å². The molecule has 0 spiro atoms. The normalized spacial score (nSPS) is 17.6. The van der Waals surface area contributed by atoms with E-state index in [1.165, 1.54) is 37.1 Å². The predicted molar refractivity (Wildman–Crippen MR) is 79.1 cm³/mol. The van der Waals surface area contributed by atoms with Gasteiger partial charge in [0.25, 0.3) is 0 Å². The Bertz CT molecular complexity index is 419. The van der Waals surface area contributed by atoms with Gasteiger partial charge >= 0.3 is 0 Å². The average Bonchev–Trinajstić information content (AvgIpc) is 2.38. The Morgan fingerprint density at radius 2 is 2.05 bits per heavy atom. The number of Topliss-reactive ketones (excluding diaryl/α,β-unsaturated/α-hetero) is 1. The fraction of sp³-hybridized carbons (Fsp3) is 0.588. The Balaban J connectivity index is 1.75. The van der Waals surface area contributed by atoms with Crippen LogP contribution in [0.15, 0.2) is 24.3 Å². The SMILES string of the molecule is CC(=O)CCC1CCN(Cc2cccc(C)c2)CC1. The fourth-order valence-corrected chi connectivity index (χ4v) is 2.91. The summed E-state index contributed by atoms with van der Waals surface area (Å²) in [5, 5.41) is 0. The number of piperidine rings is 1. The van der Waals surface area contributed by atoms with Gasteiger partial charge in [-0.3, -0.25) is 4.90 Å². The van der Waals surface area contributed by atoms with Crippen molar-refractivity contribution in [3.05, 3.63) is 35.4 Å². The predicted octanol–water partition coefficient (Wildman–Crippen LogP) is 3.58. The first-order valence-corrected chi connectivity index (χ1v) is 7.41. The zero-order valence-electron chi connectivity index (χ0n) is 12.2. The van der Waals surface area contributed by atoms with Crippen LogP contribution in [0.5, 0.6) is 0 Å². The lowest BCUT2D eigenvalue weighted by Crippen LogP contribution is -2.33. The molecule has 1 aliphatic heterocycles. The van der Waals surface area contributed by atoms with E-state index in [2.05, 4.69) is 36.1 Å². The van der Waals surface area contributed by atoms with Gasteiger partial charge in [-0.15, -0.1) is 0 Å². The molecule has 0 atom stereocenters. The molecule has 0 amide bonds. The van der Waals surface area contributed by atoms with Gasteiger partial charge in [0, 0.05) is 13.0 Å². The molecule has 0 radical (unpaired) electrons. The molecule has 19 heavy (non-hydrogen) atoms. The Morgan fingerprint density at radius 1 is 1.32 bits per heavy atom. The lowest BCUT2D eigenvalue weighted by molar-refractivity contribution is -0.117. The third-order valence-electron chi connectivity index (χ3n) is 4.10. The van der Waals surface area contributed by atoms with Crippen LogP contribution in [0.3, 0.4) is 0 Å². The molecule has 0 N–H and O–H groups in total. The summed E-state index contributed by atoms with van der Waals surface area (Å²) in [6.45, 7) is 7.28. The van der Waals surface area contributed by atoms with E-state index in [0.29, 0.717) is 5.78 Å². The van der Waals surface area contributed by atoms with Crippen molar-refractivity contribution in [2.75, 3.05) is 13.1 Å². The molecule has 1 heterocycles. The average molecular weight is 259 g/mol. The van der Waals surface area contributed by atoms with Crippen molar-refractivity contribution < 1.29 is 4.79 Å². The third-order valence-corrected chi connectivity index (χ3v) is 4.10. The molecule has 0 aromatic heterocycles. The summed E-state index contributed by atoms with van der Waals surface area (Å²) in [6, 6.07) is 8.79. The minimum atomic E-state index is 0.335. The standard InChI is InChI=1S/C17H25NO/c1-14-4-3-5-17(12-14)13-18-10-8-16(9-11-18)7-6-15(2)19/h3-5,12,16H,6-11,13H2,1-2H3. The second-order valence-electron chi connectivity index (χ2n) is 5.95. The third kappa shape index (κ3) is 4.79. The maximum atomic E-state index is 11.0. The molecular formula is C17H25NO. The van der Waals surface area contributed by atoms with Crippen LogP contribution in [-0.4, -0.2) is 23.8 Å². The van der Waals surface area contributed by atoms with Crippen LogP contribution >= 0.6 is 0 Å². The summed E-state index contributed by atoms with van der Waals surface area (Å²) in [6.07, 6.45) is 4.36.